The minimum atomic E-state index is -4.55. The van der Waals surface area contributed by atoms with Crippen LogP contribution in [0.15, 0.2) is 47.0 Å². The summed E-state index contributed by atoms with van der Waals surface area (Å²) in [6, 6.07) is 11.3. The third-order valence-electron chi connectivity index (χ3n) is 3.95. The molecule has 0 radical (unpaired) electrons. The van der Waals surface area contributed by atoms with Gasteiger partial charge in [0.1, 0.15) is 11.4 Å². The number of alkyl halides is 3. The van der Waals surface area contributed by atoms with Crippen molar-refractivity contribution in [3.8, 4) is 11.3 Å². The van der Waals surface area contributed by atoms with Gasteiger partial charge in [-0.05, 0) is 26.0 Å². The van der Waals surface area contributed by atoms with E-state index in [1.54, 1.807) is 6.07 Å². The molecule has 0 aliphatic heterocycles. The molecular weight excluding hydrogens is 359 g/mol. The van der Waals surface area contributed by atoms with Crippen molar-refractivity contribution in [3.63, 3.8) is 0 Å². The van der Waals surface area contributed by atoms with E-state index in [0.29, 0.717) is 11.5 Å². The fourth-order valence-electron chi connectivity index (χ4n) is 2.48. The number of aromatic nitrogens is 2. The van der Waals surface area contributed by atoms with Crippen LogP contribution in [0, 0.1) is 13.8 Å². The van der Waals surface area contributed by atoms with Crippen LogP contribution in [0.4, 0.5) is 13.2 Å². The van der Waals surface area contributed by atoms with E-state index in [2.05, 4.69) is 15.5 Å². The Hall–Kier alpha value is -3.16. The highest BCUT2D eigenvalue weighted by Gasteiger charge is 2.33. The lowest BCUT2D eigenvalue weighted by molar-refractivity contribution is -0.141. The first-order valence-corrected chi connectivity index (χ1v) is 8.10. The van der Waals surface area contributed by atoms with Gasteiger partial charge < -0.3 is 9.84 Å². The number of amides is 1. The molecule has 2 aromatic heterocycles. The Balaban J connectivity index is 1.67. The zero-order valence-corrected chi connectivity index (χ0v) is 14.6. The van der Waals surface area contributed by atoms with E-state index in [-0.39, 0.29) is 17.8 Å². The predicted molar refractivity (Wildman–Crippen MR) is 91.8 cm³/mol. The summed E-state index contributed by atoms with van der Waals surface area (Å²) in [5.41, 5.74) is 1.67. The van der Waals surface area contributed by atoms with Crippen molar-refractivity contribution in [1.29, 1.82) is 0 Å². The number of aryl methyl sites for hydroxylation is 2. The molecule has 0 spiro atoms. The Kier molecular flexibility index (Phi) is 4.98. The van der Waals surface area contributed by atoms with Crippen molar-refractivity contribution < 1.29 is 22.5 Å². The molecule has 1 amide bonds. The SMILES string of the molecule is Cc1ccc(-c2cc(CNC(=O)c3ccc(C(F)(F)F)nc3C)on2)cc1. The summed E-state index contributed by atoms with van der Waals surface area (Å²) in [5.74, 6) is -0.113. The molecule has 0 bridgehead atoms. The van der Waals surface area contributed by atoms with Crippen molar-refractivity contribution >= 4 is 5.91 Å². The summed E-state index contributed by atoms with van der Waals surface area (Å²) < 4.78 is 43.2. The van der Waals surface area contributed by atoms with Gasteiger partial charge in [-0.25, -0.2) is 4.98 Å². The van der Waals surface area contributed by atoms with Crippen molar-refractivity contribution in [2.45, 2.75) is 26.6 Å². The molecule has 0 fully saturated rings. The Labute approximate surface area is 153 Å². The van der Waals surface area contributed by atoms with Gasteiger partial charge in [-0.1, -0.05) is 35.0 Å². The average Bonchev–Trinajstić information content (AvgIpc) is 3.08. The zero-order valence-electron chi connectivity index (χ0n) is 14.6. The molecule has 3 rings (SSSR count). The van der Waals surface area contributed by atoms with Gasteiger partial charge in [0, 0.05) is 11.6 Å². The molecule has 0 saturated heterocycles. The summed E-state index contributed by atoms with van der Waals surface area (Å²) in [5, 5.41) is 6.55. The maximum Gasteiger partial charge on any atom is 0.433 e. The Bertz CT molecular complexity index is 963. The van der Waals surface area contributed by atoms with Crippen LogP contribution in [0.5, 0.6) is 0 Å². The van der Waals surface area contributed by atoms with Gasteiger partial charge in [-0.2, -0.15) is 13.2 Å². The van der Waals surface area contributed by atoms with Gasteiger partial charge >= 0.3 is 6.18 Å². The zero-order chi connectivity index (χ0) is 19.6. The van der Waals surface area contributed by atoms with E-state index >= 15 is 0 Å². The van der Waals surface area contributed by atoms with Crippen molar-refractivity contribution in [3.05, 3.63) is 70.7 Å². The standard InChI is InChI=1S/C19H16F3N3O2/c1-11-3-5-13(6-4-11)16-9-14(27-25-16)10-23-18(26)15-7-8-17(19(20,21)22)24-12(15)2/h3-9H,10H2,1-2H3,(H,23,26). The van der Waals surface area contributed by atoms with Crippen LogP contribution in [-0.2, 0) is 12.7 Å². The highest BCUT2D eigenvalue weighted by atomic mass is 19.4. The number of rotatable bonds is 4. The molecule has 27 heavy (non-hydrogen) atoms. The Morgan fingerprint density at radius 3 is 2.44 bits per heavy atom. The normalized spacial score (nSPS) is 11.4. The summed E-state index contributed by atoms with van der Waals surface area (Å²) in [4.78, 5) is 15.7. The third kappa shape index (κ3) is 4.33. The van der Waals surface area contributed by atoms with Gasteiger partial charge in [0.25, 0.3) is 5.91 Å². The Morgan fingerprint density at radius 1 is 1.11 bits per heavy atom. The highest BCUT2D eigenvalue weighted by molar-refractivity contribution is 5.95. The second kappa shape index (κ2) is 7.22. The summed E-state index contributed by atoms with van der Waals surface area (Å²) in [7, 11) is 0. The van der Waals surface area contributed by atoms with Crippen molar-refractivity contribution in [1.82, 2.24) is 15.5 Å². The number of carbonyl (C=O) groups excluding carboxylic acids is 1. The van der Waals surface area contributed by atoms with E-state index < -0.39 is 17.8 Å². The van der Waals surface area contributed by atoms with E-state index in [0.717, 1.165) is 23.3 Å². The monoisotopic (exact) mass is 375 g/mol. The average molecular weight is 375 g/mol. The third-order valence-corrected chi connectivity index (χ3v) is 3.95. The van der Waals surface area contributed by atoms with Gasteiger partial charge in [-0.15, -0.1) is 0 Å². The number of benzene rings is 1. The van der Waals surface area contributed by atoms with Gasteiger partial charge in [0.05, 0.1) is 17.8 Å². The van der Waals surface area contributed by atoms with E-state index in [1.165, 1.54) is 6.92 Å². The number of carbonyl (C=O) groups is 1. The quantitative estimate of drug-likeness (QED) is 0.738. The van der Waals surface area contributed by atoms with Gasteiger partial charge in [0.15, 0.2) is 5.76 Å². The van der Waals surface area contributed by atoms with Crippen LogP contribution >= 0.6 is 0 Å². The number of pyridine rings is 1. The maximum absolute atomic E-state index is 12.7. The first-order valence-electron chi connectivity index (χ1n) is 8.10. The van der Waals surface area contributed by atoms with E-state index in [9.17, 15) is 18.0 Å². The first kappa shape index (κ1) is 18.6. The fourth-order valence-corrected chi connectivity index (χ4v) is 2.48. The number of halogens is 3. The molecule has 3 aromatic rings. The summed E-state index contributed by atoms with van der Waals surface area (Å²) in [6.07, 6.45) is -4.55. The molecule has 5 nitrogen and oxygen atoms in total. The van der Waals surface area contributed by atoms with Gasteiger partial charge in [-0.3, -0.25) is 4.79 Å². The molecule has 0 aliphatic carbocycles. The van der Waals surface area contributed by atoms with Crippen LogP contribution in [0.1, 0.15) is 33.1 Å². The predicted octanol–water partition coefficient (Wildman–Crippen LogP) is 4.30. The van der Waals surface area contributed by atoms with Crippen LogP contribution in [0.3, 0.4) is 0 Å². The number of nitrogens with zero attached hydrogens (tertiary/aromatic N) is 2. The first-order chi connectivity index (χ1) is 12.7. The maximum atomic E-state index is 12.7. The molecular formula is C19H16F3N3O2. The van der Waals surface area contributed by atoms with Crippen LogP contribution in [0.2, 0.25) is 0 Å². The lowest BCUT2D eigenvalue weighted by Gasteiger charge is -2.09. The molecule has 8 heteroatoms. The molecule has 0 atom stereocenters. The van der Waals surface area contributed by atoms with Crippen LogP contribution in [0.25, 0.3) is 11.3 Å². The number of hydrogen-bond acceptors (Lipinski definition) is 4. The molecule has 2 heterocycles. The summed E-state index contributed by atoms with van der Waals surface area (Å²) in [6.45, 7) is 3.39. The minimum absolute atomic E-state index is 0.000222. The second-order valence-electron chi connectivity index (χ2n) is 6.05. The van der Waals surface area contributed by atoms with Crippen LogP contribution in [-0.4, -0.2) is 16.0 Å². The lowest BCUT2D eigenvalue weighted by Crippen LogP contribution is -2.24. The molecule has 0 saturated carbocycles. The lowest BCUT2D eigenvalue weighted by atomic mass is 10.1. The molecule has 140 valence electrons. The van der Waals surface area contributed by atoms with Crippen LogP contribution < -0.4 is 5.32 Å². The fraction of sp³-hybridized carbons (Fsp3) is 0.211. The smallest absolute Gasteiger partial charge is 0.359 e. The topological polar surface area (TPSA) is 68.0 Å². The Morgan fingerprint density at radius 2 is 1.81 bits per heavy atom. The second-order valence-corrected chi connectivity index (χ2v) is 6.05. The molecule has 0 unspecified atom stereocenters. The molecule has 1 aromatic carbocycles. The van der Waals surface area contributed by atoms with Crippen molar-refractivity contribution in [2.75, 3.05) is 0 Å². The van der Waals surface area contributed by atoms with E-state index in [1.807, 2.05) is 31.2 Å². The minimum Gasteiger partial charge on any atom is -0.359 e. The largest absolute Gasteiger partial charge is 0.433 e. The summed E-state index contributed by atoms with van der Waals surface area (Å²) >= 11 is 0. The highest BCUT2D eigenvalue weighted by Crippen LogP contribution is 2.28. The number of nitrogens with one attached hydrogen (secondary N) is 1. The number of hydrogen-bond donors (Lipinski definition) is 1. The molecule has 1 N–H and O–H groups in total. The van der Waals surface area contributed by atoms with Gasteiger partial charge in [0.2, 0.25) is 0 Å². The molecule has 0 aliphatic rings. The van der Waals surface area contributed by atoms with E-state index in [4.69, 9.17) is 4.52 Å². The van der Waals surface area contributed by atoms with Crippen molar-refractivity contribution in [2.24, 2.45) is 0 Å².